The van der Waals surface area contributed by atoms with E-state index in [1.54, 1.807) is 4.90 Å². The maximum atomic E-state index is 12.3. The van der Waals surface area contributed by atoms with Crippen molar-refractivity contribution in [1.29, 1.82) is 0 Å². The number of benzene rings is 1. The molecule has 1 aliphatic heterocycles. The van der Waals surface area contributed by atoms with Gasteiger partial charge in [0.2, 0.25) is 0 Å². The van der Waals surface area contributed by atoms with Crippen LogP contribution in [0.3, 0.4) is 0 Å². The Kier molecular flexibility index (Phi) is 6.01. The predicted molar refractivity (Wildman–Crippen MR) is 126 cm³/mol. The fourth-order valence-corrected chi connectivity index (χ4v) is 4.64. The third kappa shape index (κ3) is 5.25. The number of hydrogen-bond donors (Lipinski definition) is 0. The Hall–Kier alpha value is -2.86. The lowest BCUT2D eigenvalue weighted by Gasteiger charge is -2.36. The molecule has 3 aromatic rings. The number of anilines is 1. The van der Waals surface area contributed by atoms with Gasteiger partial charge in [-0.2, -0.15) is 0 Å². The minimum Gasteiger partial charge on any atom is -0.444 e. The Bertz CT molecular complexity index is 1030. The number of piperazine rings is 1. The van der Waals surface area contributed by atoms with Gasteiger partial charge in [0.05, 0.1) is 0 Å². The van der Waals surface area contributed by atoms with Crippen molar-refractivity contribution in [2.24, 2.45) is 7.05 Å². The highest BCUT2D eigenvalue weighted by molar-refractivity contribution is 7.18. The number of carbonyl (C=O) groups excluding carboxylic acids is 1. The molecule has 1 fully saturated rings. The topological polar surface area (TPSA) is 36.7 Å². The van der Waals surface area contributed by atoms with Crippen LogP contribution in [0.15, 0.2) is 60.9 Å². The molecule has 0 radical (unpaired) electrons. The van der Waals surface area contributed by atoms with Gasteiger partial charge in [-0.05, 0) is 50.6 Å². The molecule has 0 saturated carbocycles. The van der Waals surface area contributed by atoms with Gasteiger partial charge in [-0.25, -0.2) is 9.36 Å². The van der Waals surface area contributed by atoms with Gasteiger partial charge in [-0.3, -0.25) is 0 Å². The summed E-state index contributed by atoms with van der Waals surface area (Å²) in [6.07, 6.45) is 3.93. The largest absolute Gasteiger partial charge is 0.444 e. The molecular weight excluding hydrogens is 406 g/mol. The molecule has 5 nitrogen and oxygen atoms in total. The molecule has 0 N–H and O–H groups in total. The van der Waals surface area contributed by atoms with Gasteiger partial charge in [0.15, 0.2) is 12.4 Å². The zero-order valence-electron chi connectivity index (χ0n) is 18.7. The van der Waals surface area contributed by atoms with Crippen molar-refractivity contribution in [1.82, 2.24) is 4.90 Å². The highest BCUT2D eigenvalue weighted by Gasteiger charge is 2.25. The van der Waals surface area contributed by atoms with Crippen molar-refractivity contribution in [3.63, 3.8) is 0 Å². The summed E-state index contributed by atoms with van der Waals surface area (Å²) in [5.74, 6) is 0. The molecule has 2 aromatic heterocycles. The molecule has 0 aliphatic carbocycles. The highest BCUT2D eigenvalue weighted by Crippen LogP contribution is 2.35. The van der Waals surface area contributed by atoms with E-state index in [2.05, 4.69) is 65.8 Å². The standard InChI is InChI=1S/C25H30N3O2S/c1-25(2,3)30-24(29)28-17-15-27(16-18-28)21-7-5-19(6-8-21)22-9-10-23(31-22)20-11-13-26(4)14-12-20/h5-14H,15-18H2,1-4H3/q+1. The Morgan fingerprint density at radius 2 is 1.42 bits per heavy atom. The maximum absolute atomic E-state index is 12.3. The van der Waals surface area contributed by atoms with Crippen LogP contribution in [-0.4, -0.2) is 42.8 Å². The molecule has 0 spiro atoms. The number of ether oxygens (including phenoxy) is 1. The minimum atomic E-state index is -0.454. The van der Waals surface area contributed by atoms with Crippen molar-refractivity contribution < 1.29 is 14.1 Å². The van der Waals surface area contributed by atoms with E-state index >= 15 is 0 Å². The highest BCUT2D eigenvalue weighted by atomic mass is 32.1. The summed E-state index contributed by atoms with van der Waals surface area (Å²) in [6.45, 7) is 8.69. The van der Waals surface area contributed by atoms with E-state index in [0.29, 0.717) is 13.1 Å². The van der Waals surface area contributed by atoms with Gasteiger partial charge in [-0.15, -0.1) is 11.3 Å². The van der Waals surface area contributed by atoms with E-state index in [1.807, 2.05) is 43.7 Å². The third-order valence-electron chi connectivity index (χ3n) is 5.32. The van der Waals surface area contributed by atoms with Gasteiger partial charge < -0.3 is 14.5 Å². The molecule has 1 aliphatic rings. The van der Waals surface area contributed by atoms with Crippen molar-refractivity contribution in [2.75, 3.05) is 31.1 Å². The number of carbonyl (C=O) groups is 1. The minimum absolute atomic E-state index is 0.219. The van der Waals surface area contributed by atoms with Crippen molar-refractivity contribution in [2.45, 2.75) is 26.4 Å². The number of hydrogen-bond acceptors (Lipinski definition) is 4. The van der Waals surface area contributed by atoms with Crippen LogP contribution in [0.1, 0.15) is 20.8 Å². The van der Waals surface area contributed by atoms with Crippen LogP contribution in [0, 0.1) is 0 Å². The van der Waals surface area contributed by atoms with E-state index in [1.165, 1.54) is 26.6 Å². The average molecular weight is 437 g/mol. The van der Waals surface area contributed by atoms with Crippen molar-refractivity contribution in [3.8, 4) is 20.9 Å². The SMILES string of the molecule is C[n+]1ccc(-c2ccc(-c3ccc(N4CCN(C(=O)OC(C)(C)C)CC4)cc3)s2)cc1. The van der Waals surface area contributed by atoms with E-state index in [0.717, 1.165) is 13.1 Å². The summed E-state index contributed by atoms with van der Waals surface area (Å²) in [4.78, 5) is 18.9. The lowest BCUT2D eigenvalue weighted by Crippen LogP contribution is -2.50. The van der Waals surface area contributed by atoms with Gasteiger partial charge >= 0.3 is 6.09 Å². The lowest BCUT2D eigenvalue weighted by atomic mass is 10.1. The Labute approximate surface area is 188 Å². The normalized spacial score (nSPS) is 14.6. The number of aryl methyl sites for hydroxylation is 1. The van der Waals surface area contributed by atoms with Crippen LogP contribution in [-0.2, 0) is 11.8 Å². The smallest absolute Gasteiger partial charge is 0.410 e. The second-order valence-electron chi connectivity index (χ2n) is 8.92. The van der Waals surface area contributed by atoms with Crippen LogP contribution in [0.4, 0.5) is 10.5 Å². The van der Waals surface area contributed by atoms with Crippen LogP contribution in [0.5, 0.6) is 0 Å². The summed E-state index contributed by atoms with van der Waals surface area (Å²) < 4.78 is 7.54. The fraction of sp³-hybridized carbons (Fsp3) is 0.360. The molecule has 31 heavy (non-hydrogen) atoms. The van der Waals surface area contributed by atoms with Gasteiger partial charge in [0, 0.05) is 59.3 Å². The molecule has 0 bridgehead atoms. The molecule has 0 atom stereocenters. The van der Waals surface area contributed by atoms with E-state index in [-0.39, 0.29) is 6.09 Å². The lowest BCUT2D eigenvalue weighted by molar-refractivity contribution is -0.671. The van der Waals surface area contributed by atoms with Crippen molar-refractivity contribution >= 4 is 23.1 Å². The zero-order valence-corrected chi connectivity index (χ0v) is 19.5. The summed E-state index contributed by atoms with van der Waals surface area (Å²) in [5.41, 5.74) is 3.21. The summed E-state index contributed by atoms with van der Waals surface area (Å²) >= 11 is 1.81. The molecule has 1 saturated heterocycles. The van der Waals surface area contributed by atoms with Crippen LogP contribution >= 0.6 is 11.3 Å². The zero-order chi connectivity index (χ0) is 22.0. The first-order valence-corrected chi connectivity index (χ1v) is 11.5. The van der Waals surface area contributed by atoms with E-state index in [4.69, 9.17) is 4.74 Å². The second kappa shape index (κ2) is 8.71. The van der Waals surface area contributed by atoms with Crippen LogP contribution in [0.2, 0.25) is 0 Å². The summed E-state index contributed by atoms with van der Waals surface area (Å²) in [5, 5.41) is 0. The van der Waals surface area contributed by atoms with E-state index < -0.39 is 5.60 Å². The van der Waals surface area contributed by atoms with Gasteiger partial charge in [-0.1, -0.05) is 12.1 Å². The molecule has 4 rings (SSSR count). The van der Waals surface area contributed by atoms with Gasteiger partial charge in [0.1, 0.15) is 12.6 Å². The predicted octanol–water partition coefficient (Wildman–Crippen LogP) is 4.96. The molecule has 3 heterocycles. The number of amides is 1. The number of rotatable bonds is 3. The van der Waals surface area contributed by atoms with Crippen molar-refractivity contribution in [3.05, 3.63) is 60.9 Å². The monoisotopic (exact) mass is 436 g/mol. The van der Waals surface area contributed by atoms with Crippen LogP contribution in [0.25, 0.3) is 20.9 Å². The first kappa shape index (κ1) is 21.4. The molecule has 6 heteroatoms. The number of nitrogens with zero attached hydrogens (tertiary/aromatic N) is 3. The third-order valence-corrected chi connectivity index (χ3v) is 6.50. The quantitative estimate of drug-likeness (QED) is 0.544. The molecule has 162 valence electrons. The molecule has 1 amide bonds. The Morgan fingerprint density at radius 3 is 1.97 bits per heavy atom. The maximum Gasteiger partial charge on any atom is 0.410 e. The second-order valence-corrected chi connectivity index (χ2v) is 10.0. The molecule has 1 aromatic carbocycles. The van der Waals surface area contributed by atoms with E-state index in [9.17, 15) is 4.79 Å². The first-order chi connectivity index (χ1) is 14.8. The summed E-state index contributed by atoms with van der Waals surface area (Å²) in [7, 11) is 2.03. The first-order valence-electron chi connectivity index (χ1n) is 10.7. The number of thiophene rings is 1. The fourth-order valence-electron chi connectivity index (χ4n) is 3.62. The number of aromatic nitrogens is 1. The summed E-state index contributed by atoms with van der Waals surface area (Å²) in [6, 6.07) is 17.4. The average Bonchev–Trinajstić information content (AvgIpc) is 3.24. The Balaban J connectivity index is 1.38. The van der Waals surface area contributed by atoms with Crippen LogP contribution < -0.4 is 9.47 Å². The molecular formula is C25H30N3O2S+. The Morgan fingerprint density at radius 1 is 0.871 bits per heavy atom. The van der Waals surface area contributed by atoms with Gasteiger partial charge in [0.25, 0.3) is 0 Å². The number of pyridine rings is 1. The molecule has 0 unspecified atom stereocenters.